The Morgan fingerprint density at radius 2 is 2.00 bits per heavy atom. The molecule has 0 aromatic carbocycles. The van der Waals surface area contributed by atoms with Gasteiger partial charge in [-0.1, -0.05) is 26.7 Å². The molecule has 1 fully saturated rings. The lowest BCUT2D eigenvalue weighted by molar-refractivity contribution is -0.124. The Bertz CT molecular complexity index is 197. The summed E-state index contributed by atoms with van der Waals surface area (Å²) in [5, 5.41) is 0. The lowest BCUT2D eigenvalue weighted by Gasteiger charge is -2.22. The van der Waals surface area contributed by atoms with Crippen molar-refractivity contribution in [3.8, 4) is 0 Å². The van der Waals surface area contributed by atoms with Crippen LogP contribution in [0.25, 0.3) is 0 Å². The zero-order valence-corrected chi connectivity index (χ0v) is 11.7. The number of hydrogen-bond donors (Lipinski definition) is 0. The number of hydrogen-bond acceptors (Lipinski definition) is 2. The SMILES string of the molecule is CCCCC(CC)C(=O)CC1CCSCC1. The number of carbonyl (C=O) groups excluding carboxylic acids is 1. The number of ketones is 1. The van der Waals surface area contributed by atoms with Gasteiger partial charge in [0.25, 0.3) is 0 Å². The van der Waals surface area contributed by atoms with Crippen LogP contribution in [0.1, 0.15) is 58.8 Å². The molecule has 1 heterocycles. The Morgan fingerprint density at radius 1 is 1.31 bits per heavy atom. The van der Waals surface area contributed by atoms with Gasteiger partial charge in [0, 0.05) is 12.3 Å². The van der Waals surface area contributed by atoms with Crippen molar-refractivity contribution < 1.29 is 4.79 Å². The zero-order chi connectivity index (χ0) is 11.8. The van der Waals surface area contributed by atoms with E-state index in [9.17, 15) is 4.79 Å². The summed E-state index contributed by atoms with van der Waals surface area (Å²) in [6.07, 6.45) is 7.98. The van der Waals surface area contributed by atoms with Gasteiger partial charge >= 0.3 is 0 Å². The molecule has 0 aromatic heterocycles. The molecule has 0 saturated carbocycles. The van der Waals surface area contributed by atoms with E-state index in [1.165, 1.54) is 37.2 Å². The lowest BCUT2D eigenvalue weighted by Crippen LogP contribution is -2.20. The molecule has 1 rings (SSSR count). The maximum absolute atomic E-state index is 12.1. The number of rotatable bonds is 7. The molecule has 16 heavy (non-hydrogen) atoms. The van der Waals surface area contributed by atoms with Crippen molar-refractivity contribution in [2.24, 2.45) is 11.8 Å². The monoisotopic (exact) mass is 242 g/mol. The smallest absolute Gasteiger partial charge is 0.136 e. The third-order valence-corrected chi connectivity index (χ3v) is 4.73. The van der Waals surface area contributed by atoms with Crippen molar-refractivity contribution in [3.05, 3.63) is 0 Å². The molecule has 0 radical (unpaired) electrons. The second kappa shape index (κ2) is 8.16. The molecule has 0 spiro atoms. The van der Waals surface area contributed by atoms with Crippen molar-refractivity contribution in [2.45, 2.75) is 58.8 Å². The van der Waals surface area contributed by atoms with Crippen LogP contribution in [0.3, 0.4) is 0 Å². The first kappa shape index (κ1) is 14.1. The quantitative estimate of drug-likeness (QED) is 0.662. The fourth-order valence-corrected chi connectivity index (χ4v) is 3.65. The van der Waals surface area contributed by atoms with E-state index in [0.717, 1.165) is 19.3 Å². The molecular formula is C14H26OS. The van der Waals surface area contributed by atoms with Gasteiger partial charge in [0.1, 0.15) is 5.78 Å². The highest BCUT2D eigenvalue weighted by Crippen LogP contribution is 2.27. The van der Waals surface area contributed by atoms with E-state index >= 15 is 0 Å². The first-order valence-corrected chi connectivity index (χ1v) is 8.03. The number of thioether (sulfide) groups is 1. The summed E-state index contributed by atoms with van der Waals surface area (Å²) in [7, 11) is 0. The molecule has 1 aliphatic rings. The minimum absolute atomic E-state index is 0.356. The molecule has 0 amide bonds. The number of carbonyl (C=O) groups is 1. The van der Waals surface area contributed by atoms with Gasteiger partial charge < -0.3 is 0 Å². The predicted molar refractivity (Wildman–Crippen MR) is 73.0 cm³/mol. The summed E-state index contributed by atoms with van der Waals surface area (Å²) >= 11 is 2.04. The van der Waals surface area contributed by atoms with Crippen LogP contribution in [0.15, 0.2) is 0 Å². The third kappa shape index (κ3) is 4.90. The molecule has 1 aliphatic heterocycles. The molecule has 2 heteroatoms. The van der Waals surface area contributed by atoms with Crippen LogP contribution in [-0.4, -0.2) is 17.3 Å². The second-order valence-corrected chi connectivity index (χ2v) is 6.20. The maximum atomic E-state index is 12.1. The summed E-state index contributed by atoms with van der Waals surface area (Å²) in [5.41, 5.74) is 0. The topological polar surface area (TPSA) is 17.1 Å². The van der Waals surface area contributed by atoms with Gasteiger partial charge in [0.2, 0.25) is 0 Å². The number of Topliss-reactive ketones (excluding diaryl/α,β-unsaturated/α-hetero) is 1. The summed E-state index contributed by atoms with van der Waals surface area (Å²) in [4.78, 5) is 12.1. The standard InChI is InChI=1S/C14H26OS/c1-3-5-6-13(4-2)14(15)11-12-7-9-16-10-8-12/h12-13H,3-11H2,1-2H3. The summed E-state index contributed by atoms with van der Waals surface area (Å²) in [6, 6.07) is 0. The zero-order valence-electron chi connectivity index (χ0n) is 10.8. The lowest BCUT2D eigenvalue weighted by atomic mass is 9.87. The summed E-state index contributed by atoms with van der Waals surface area (Å²) in [6.45, 7) is 4.37. The van der Waals surface area contributed by atoms with Crippen molar-refractivity contribution >= 4 is 17.5 Å². The fourth-order valence-electron chi connectivity index (χ4n) is 2.45. The van der Waals surface area contributed by atoms with Crippen LogP contribution in [0.5, 0.6) is 0 Å². The summed E-state index contributed by atoms with van der Waals surface area (Å²) < 4.78 is 0. The van der Waals surface area contributed by atoms with E-state index in [1.807, 2.05) is 11.8 Å². The van der Waals surface area contributed by atoms with Crippen LogP contribution >= 0.6 is 11.8 Å². The van der Waals surface area contributed by atoms with E-state index < -0.39 is 0 Å². The van der Waals surface area contributed by atoms with Crippen molar-refractivity contribution in [2.75, 3.05) is 11.5 Å². The van der Waals surface area contributed by atoms with E-state index in [1.54, 1.807) is 0 Å². The third-order valence-electron chi connectivity index (χ3n) is 3.69. The van der Waals surface area contributed by atoms with Gasteiger partial charge in [0.15, 0.2) is 0 Å². The maximum Gasteiger partial charge on any atom is 0.136 e. The molecule has 0 N–H and O–H groups in total. The van der Waals surface area contributed by atoms with Gasteiger partial charge in [-0.05, 0) is 43.1 Å². The highest BCUT2D eigenvalue weighted by molar-refractivity contribution is 7.99. The van der Waals surface area contributed by atoms with Gasteiger partial charge in [-0.15, -0.1) is 0 Å². The molecule has 1 nitrogen and oxygen atoms in total. The Balaban J connectivity index is 2.29. The Hall–Kier alpha value is 0.0200. The van der Waals surface area contributed by atoms with Gasteiger partial charge in [-0.2, -0.15) is 11.8 Å². The molecule has 0 aromatic rings. The first-order chi connectivity index (χ1) is 7.77. The van der Waals surface area contributed by atoms with Gasteiger partial charge in [0.05, 0.1) is 0 Å². The first-order valence-electron chi connectivity index (χ1n) is 6.88. The minimum Gasteiger partial charge on any atom is -0.299 e. The average molecular weight is 242 g/mol. The molecule has 1 saturated heterocycles. The van der Waals surface area contributed by atoms with Crippen LogP contribution in [-0.2, 0) is 4.79 Å². The average Bonchev–Trinajstić information content (AvgIpc) is 2.31. The molecule has 0 aliphatic carbocycles. The molecule has 0 bridgehead atoms. The van der Waals surface area contributed by atoms with Crippen LogP contribution in [0, 0.1) is 11.8 Å². The Morgan fingerprint density at radius 3 is 2.56 bits per heavy atom. The van der Waals surface area contributed by atoms with E-state index in [0.29, 0.717) is 17.6 Å². The largest absolute Gasteiger partial charge is 0.299 e. The minimum atomic E-state index is 0.356. The highest BCUT2D eigenvalue weighted by Gasteiger charge is 2.21. The normalized spacial score (nSPS) is 19.6. The predicted octanol–water partition coefficient (Wildman–Crippen LogP) is 4.31. The van der Waals surface area contributed by atoms with Crippen LogP contribution in [0.4, 0.5) is 0 Å². The van der Waals surface area contributed by atoms with Crippen LogP contribution in [0.2, 0.25) is 0 Å². The Kier molecular flexibility index (Phi) is 7.18. The summed E-state index contributed by atoms with van der Waals surface area (Å²) in [5.74, 6) is 4.14. The second-order valence-electron chi connectivity index (χ2n) is 4.97. The number of unbranched alkanes of at least 4 members (excludes halogenated alkanes) is 1. The molecular weight excluding hydrogens is 216 g/mol. The highest BCUT2D eigenvalue weighted by atomic mass is 32.2. The van der Waals surface area contributed by atoms with Gasteiger partial charge in [-0.25, -0.2) is 0 Å². The van der Waals surface area contributed by atoms with E-state index in [2.05, 4.69) is 13.8 Å². The van der Waals surface area contributed by atoms with Crippen LogP contribution < -0.4 is 0 Å². The molecule has 1 unspecified atom stereocenters. The van der Waals surface area contributed by atoms with Gasteiger partial charge in [-0.3, -0.25) is 4.79 Å². The molecule has 94 valence electrons. The Labute approximate surface area is 105 Å². The fraction of sp³-hybridized carbons (Fsp3) is 0.929. The van der Waals surface area contributed by atoms with E-state index in [-0.39, 0.29) is 0 Å². The van der Waals surface area contributed by atoms with Crippen molar-refractivity contribution in [1.29, 1.82) is 0 Å². The van der Waals surface area contributed by atoms with Crippen molar-refractivity contribution in [3.63, 3.8) is 0 Å². The molecule has 1 atom stereocenters. The van der Waals surface area contributed by atoms with Crippen molar-refractivity contribution in [1.82, 2.24) is 0 Å². The van der Waals surface area contributed by atoms with E-state index in [4.69, 9.17) is 0 Å².